The molecule has 0 radical (unpaired) electrons. The highest BCUT2D eigenvalue weighted by Crippen LogP contribution is 2.23. The van der Waals surface area contributed by atoms with Gasteiger partial charge in [0.1, 0.15) is 17.2 Å². The summed E-state index contributed by atoms with van der Waals surface area (Å²) >= 11 is 0. The molecule has 1 aliphatic heterocycles. The lowest BCUT2D eigenvalue weighted by Crippen LogP contribution is -2.46. The van der Waals surface area contributed by atoms with E-state index in [-0.39, 0.29) is 12.1 Å². The standard InChI is InChI=1S/C18H25N3O3/c1-18(2,3)24-17(22)21-11-5-4-8-15(21)9-12-23-16-14(13-19)7-6-10-20-16/h6-7,10,15H,4-5,8-9,11-12H2,1-3H3/t15-/m0/s1. The average Bonchev–Trinajstić information content (AvgIpc) is 2.54. The fraction of sp³-hybridized carbons (Fsp3) is 0.611. The summed E-state index contributed by atoms with van der Waals surface area (Å²) in [7, 11) is 0. The monoisotopic (exact) mass is 331 g/mol. The van der Waals surface area contributed by atoms with Crippen LogP contribution in [0.2, 0.25) is 0 Å². The van der Waals surface area contributed by atoms with Crippen LogP contribution < -0.4 is 4.74 Å². The van der Waals surface area contributed by atoms with E-state index in [0.717, 1.165) is 19.3 Å². The van der Waals surface area contributed by atoms with Gasteiger partial charge in [0.05, 0.1) is 6.61 Å². The summed E-state index contributed by atoms with van der Waals surface area (Å²) in [5.41, 5.74) is -0.0734. The van der Waals surface area contributed by atoms with Gasteiger partial charge in [0.2, 0.25) is 5.88 Å². The third-order valence-electron chi connectivity index (χ3n) is 3.84. The van der Waals surface area contributed by atoms with Crippen LogP contribution in [0.5, 0.6) is 5.88 Å². The number of pyridine rings is 1. The molecule has 0 bridgehead atoms. The molecule has 1 aromatic rings. The smallest absolute Gasteiger partial charge is 0.410 e. The van der Waals surface area contributed by atoms with E-state index >= 15 is 0 Å². The van der Waals surface area contributed by atoms with Crippen LogP contribution >= 0.6 is 0 Å². The lowest BCUT2D eigenvalue weighted by molar-refractivity contribution is 0.00737. The highest BCUT2D eigenvalue weighted by atomic mass is 16.6. The molecule has 0 spiro atoms. The summed E-state index contributed by atoms with van der Waals surface area (Å²) in [6, 6.07) is 5.55. The van der Waals surface area contributed by atoms with Crippen molar-refractivity contribution in [2.24, 2.45) is 0 Å². The molecule has 24 heavy (non-hydrogen) atoms. The number of carbonyl (C=O) groups is 1. The molecule has 0 aromatic carbocycles. The molecule has 0 saturated carbocycles. The zero-order valence-electron chi connectivity index (χ0n) is 14.6. The van der Waals surface area contributed by atoms with E-state index in [1.165, 1.54) is 0 Å². The van der Waals surface area contributed by atoms with Crippen LogP contribution in [-0.2, 0) is 4.74 Å². The molecule has 130 valence electrons. The van der Waals surface area contributed by atoms with Crippen molar-refractivity contribution < 1.29 is 14.3 Å². The summed E-state index contributed by atoms with van der Waals surface area (Å²) in [6.07, 6.45) is 5.06. The molecule has 1 fully saturated rings. The summed E-state index contributed by atoms with van der Waals surface area (Å²) in [5.74, 6) is 0.347. The number of hydrogen-bond donors (Lipinski definition) is 0. The molecule has 0 aliphatic carbocycles. The fourth-order valence-electron chi connectivity index (χ4n) is 2.74. The Labute approximate surface area is 143 Å². The predicted molar refractivity (Wildman–Crippen MR) is 89.6 cm³/mol. The third-order valence-corrected chi connectivity index (χ3v) is 3.84. The molecule has 6 heteroatoms. The largest absolute Gasteiger partial charge is 0.477 e. The topological polar surface area (TPSA) is 75.4 Å². The second-order valence-electron chi connectivity index (χ2n) is 6.93. The van der Waals surface area contributed by atoms with Gasteiger partial charge < -0.3 is 14.4 Å². The van der Waals surface area contributed by atoms with Gasteiger partial charge in [-0.3, -0.25) is 0 Å². The number of nitriles is 1. The first kappa shape index (κ1) is 18.1. The number of ether oxygens (including phenoxy) is 2. The number of nitrogens with zero attached hydrogens (tertiary/aromatic N) is 3. The SMILES string of the molecule is CC(C)(C)OC(=O)N1CCCC[C@H]1CCOc1ncccc1C#N. The van der Waals surface area contributed by atoms with Crippen LogP contribution in [-0.4, -0.2) is 40.8 Å². The van der Waals surface area contributed by atoms with E-state index in [1.807, 2.05) is 25.7 Å². The van der Waals surface area contributed by atoms with Gasteiger partial charge >= 0.3 is 6.09 Å². The summed E-state index contributed by atoms with van der Waals surface area (Å²) in [4.78, 5) is 18.3. The molecule has 2 heterocycles. The number of rotatable bonds is 4. The highest BCUT2D eigenvalue weighted by molar-refractivity contribution is 5.68. The van der Waals surface area contributed by atoms with Gasteiger partial charge in [0.25, 0.3) is 0 Å². The molecule has 1 atom stereocenters. The summed E-state index contributed by atoms with van der Waals surface area (Å²) in [5, 5.41) is 9.05. The maximum Gasteiger partial charge on any atom is 0.410 e. The van der Waals surface area contributed by atoms with Gasteiger partial charge in [0, 0.05) is 25.2 Å². The van der Waals surface area contributed by atoms with Crippen molar-refractivity contribution in [1.29, 1.82) is 5.26 Å². The van der Waals surface area contributed by atoms with Crippen molar-refractivity contribution in [3.63, 3.8) is 0 Å². The third kappa shape index (κ3) is 5.12. The Morgan fingerprint density at radius 2 is 2.25 bits per heavy atom. The van der Waals surface area contributed by atoms with E-state index < -0.39 is 5.60 Å². The molecule has 0 unspecified atom stereocenters. The van der Waals surface area contributed by atoms with Gasteiger partial charge in [-0.2, -0.15) is 5.26 Å². The average molecular weight is 331 g/mol. The molecule has 2 rings (SSSR count). The summed E-state index contributed by atoms with van der Waals surface area (Å²) in [6.45, 7) is 6.74. The van der Waals surface area contributed by atoms with Crippen molar-refractivity contribution in [2.75, 3.05) is 13.2 Å². The second kappa shape index (κ2) is 8.00. The zero-order valence-corrected chi connectivity index (χ0v) is 14.6. The molecule has 0 N–H and O–H groups in total. The normalized spacial score (nSPS) is 17.9. The van der Waals surface area contributed by atoms with Crippen LogP contribution in [0.3, 0.4) is 0 Å². The first-order valence-corrected chi connectivity index (χ1v) is 8.38. The summed E-state index contributed by atoms with van der Waals surface area (Å²) < 4.78 is 11.1. The molecule has 1 aliphatic rings. The fourth-order valence-corrected chi connectivity index (χ4v) is 2.74. The first-order chi connectivity index (χ1) is 11.4. The van der Waals surface area contributed by atoms with Crippen molar-refractivity contribution in [1.82, 2.24) is 9.88 Å². The van der Waals surface area contributed by atoms with Gasteiger partial charge in [-0.05, 0) is 52.2 Å². The molecular weight excluding hydrogens is 306 g/mol. The first-order valence-electron chi connectivity index (χ1n) is 8.38. The quantitative estimate of drug-likeness (QED) is 0.844. The highest BCUT2D eigenvalue weighted by Gasteiger charge is 2.30. The number of carbonyl (C=O) groups excluding carboxylic acids is 1. The predicted octanol–water partition coefficient (Wildman–Crippen LogP) is 3.51. The number of aromatic nitrogens is 1. The van der Waals surface area contributed by atoms with E-state index in [1.54, 1.807) is 18.3 Å². The van der Waals surface area contributed by atoms with Crippen LogP contribution in [0, 0.1) is 11.3 Å². The maximum absolute atomic E-state index is 12.4. The van der Waals surface area contributed by atoms with Crippen LogP contribution in [0.15, 0.2) is 18.3 Å². The lowest BCUT2D eigenvalue weighted by atomic mass is 10.0. The zero-order chi connectivity index (χ0) is 17.6. The molecule has 1 saturated heterocycles. The Balaban J connectivity index is 1.92. The Bertz CT molecular complexity index is 604. The molecule has 1 aromatic heterocycles. The molecular formula is C18H25N3O3. The van der Waals surface area contributed by atoms with Crippen molar-refractivity contribution in [3.05, 3.63) is 23.9 Å². The van der Waals surface area contributed by atoms with Gasteiger partial charge in [-0.1, -0.05) is 0 Å². The Hall–Kier alpha value is -2.29. The minimum absolute atomic E-state index is 0.0999. The van der Waals surface area contributed by atoms with Gasteiger partial charge in [-0.25, -0.2) is 9.78 Å². The number of piperidine rings is 1. The van der Waals surface area contributed by atoms with Crippen molar-refractivity contribution in [3.8, 4) is 11.9 Å². The Morgan fingerprint density at radius 1 is 1.46 bits per heavy atom. The van der Waals surface area contributed by atoms with E-state index in [4.69, 9.17) is 14.7 Å². The number of likely N-dealkylation sites (tertiary alicyclic amines) is 1. The van der Waals surface area contributed by atoms with E-state index in [0.29, 0.717) is 31.0 Å². The van der Waals surface area contributed by atoms with Crippen molar-refractivity contribution >= 4 is 6.09 Å². The maximum atomic E-state index is 12.4. The Morgan fingerprint density at radius 3 is 2.96 bits per heavy atom. The minimum Gasteiger partial charge on any atom is -0.477 e. The molecule has 1 amide bonds. The van der Waals surface area contributed by atoms with Crippen LogP contribution in [0.25, 0.3) is 0 Å². The molecule has 6 nitrogen and oxygen atoms in total. The number of hydrogen-bond acceptors (Lipinski definition) is 5. The van der Waals surface area contributed by atoms with Crippen LogP contribution in [0.1, 0.15) is 52.0 Å². The van der Waals surface area contributed by atoms with Gasteiger partial charge in [0.15, 0.2) is 0 Å². The van der Waals surface area contributed by atoms with Gasteiger partial charge in [-0.15, -0.1) is 0 Å². The number of amides is 1. The van der Waals surface area contributed by atoms with Crippen molar-refractivity contribution in [2.45, 2.75) is 58.1 Å². The van der Waals surface area contributed by atoms with E-state index in [2.05, 4.69) is 11.1 Å². The van der Waals surface area contributed by atoms with Crippen LogP contribution in [0.4, 0.5) is 4.79 Å². The lowest BCUT2D eigenvalue weighted by Gasteiger charge is -2.36. The Kier molecular flexibility index (Phi) is 6.02. The second-order valence-corrected chi connectivity index (χ2v) is 6.93. The van der Waals surface area contributed by atoms with E-state index in [9.17, 15) is 4.79 Å². The minimum atomic E-state index is -0.495.